The second-order valence-electron chi connectivity index (χ2n) is 6.01. The summed E-state index contributed by atoms with van der Waals surface area (Å²) in [5, 5.41) is 11.3. The first-order valence-corrected chi connectivity index (χ1v) is 8.32. The monoisotopic (exact) mass is 291 g/mol. The van der Waals surface area contributed by atoms with Gasteiger partial charge in [-0.3, -0.25) is 4.21 Å². The van der Waals surface area contributed by atoms with Crippen molar-refractivity contribution in [2.75, 3.05) is 0 Å². The normalized spacial score (nSPS) is 36.6. The summed E-state index contributed by atoms with van der Waals surface area (Å²) in [5.74, 6) is 0.633. The van der Waals surface area contributed by atoms with Gasteiger partial charge in [0, 0.05) is 28.2 Å². The zero-order chi connectivity index (χ0) is 13.9. The van der Waals surface area contributed by atoms with E-state index < -0.39 is 16.4 Å². The lowest BCUT2D eigenvalue weighted by molar-refractivity contribution is 0.0186. The Morgan fingerprint density at radius 1 is 1.35 bits per heavy atom. The number of nitrogens with zero attached hydrogens (tertiary/aromatic N) is 1. The number of fused-ring (bicyclic) bond motifs is 3. The van der Waals surface area contributed by atoms with Crippen molar-refractivity contribution in [2.45, 2.75) is 48.7 Å². The van der Waals surface area contributed by atoms with Gasteiger partial charge in [-0.15, -0.1) is 0 Å². The molecule has 2 unspecified atom stereocenters. The lowest BCUT2D eigenvalue weighted by Crippen LogP contribution is -2.40. The van der Waals surface area contributed by atoms with Crippen molar-refractivity contribution < 1.29 is 13.7 Å². The van der Waals surface area contributed by atoms with Crippen LogP contribution in [0, 0.1) is 6.92 Å². The number of oxazole rings is 1. The molecule has 2 bridgehead atoms. The maximum absolute atomic E-state index is 12.1. The fraction of sp³-hybridized carbons (Fsp3) is 0.533. The van der Waals surface area contributed by atoms with Crippen molar-refractivity contribution in [2.24, 2.45) is 0 Å². The van der Waals surface area contributed by atoms with E-state index in [4.69, 9.17) is 4.42 Å². The number of hydrogen-bond acceptors (Lipinski definition) is 4. The number of aromatic nitrogens is 1. The third kappa shape index (κ3) is 1.76. The fourth-order valence-electron chi connectivity index (χ4n) is 3.65. The van der Waals surface area contributed by atoms with Crippen molar-refractivity contribution in [1.29, 1.82) is 0 Å². The summed E-state index contributed by atoms with van der Waals surface area (Å²) >= 11 is 0. The summed E-state index contributed by atoms with van der Waals surface area (Å²) in [5.41, 5.74) is 1.55. The van der Waals surface area contributed by atoms with Gasteiger partial charge in [0.15, 0.2) is 11.5 Å². The number of rotatable bonds is 1. The zero-order valence-electron chi connectivity index (χ0n) is 11.3. The molecule has 2 aliphatic heterocycles. The molecule has 106 valence electrons. The van der Waals surface area contributed by atoms with E-state index in [0.717, 1.165) is 29.5 Å². The molecule has 4 rings (SSSR count). The number of benzene rings is 1. The molecule has 1 N–H and O–H groups in total. The Balaban J connectivity index is 1.76. The van der Waals surface area contributed by atoms with Crippen LogP contribution in [0.25, 0.3) is 11.1 Å². The molecule has 2 fully saturated rings. The van der Waals surface area contributed by atoms with Crippen LogP contribution in [0.5, 0.6) is 0 Å². The van der Waals surface area contributed by atoms with Gasteiger partial charge >= 0.3 is 0 Å². The number of aliphatic hydroxyl groups is 1. The topological polar surface area (TPSA) is 63.3 Å². The van der Waals surface area contributed by atoms with E-state index >= 15 is 0 Å². The third-order valence-corrected chi connectivity index (χ3v) is 6.75. The van der Waals surface area contributed by atoms with E-state index in [1.807, 2.05) is 25.1 Å². The van der Waals surface area contributed by atoms with Crippen LogP contribution in [0.3, 0.4) is 0 Å². The molecule has 1 aromatic heterocycles. The third-order valence-electron chi connectivity index (χ3n) is 4.63. The van der Waals surface area contributed by atoms with Crippen molar-refractivity contribution in [3.63, 3.8) is 0 Å². The predicted molar refractivity (Wildman–Crippen MR) is 76.8 cm³/mol. The summed E-state index contributed by atoms with van der Waals surface area (Å²) in [6.07, 6.45) is 3.15. The fourth-order valence-corrected chi connectivity index (χ4v) is 5.81. The van der Waals surface area contributed by atoms with Gasteiger partial charge in [-0.05, 0) is 43.4 Å². The Bertz CT molecular complexity index is 692. The SMILES string of the molecule is Cc1nc2cc(C3(O)CC4CCC(C3)S4=O)ccc2o1. The van der Waals surface area contributed by atoms with Crippen molar-refractivity contribution in [1.82, 2.24) is 4.98 Å². The summed E-state index contributed by atoms with van der Waals surface area (Å²) in [4.78, 5) is 4.33. The quantitative estimate of drug-likeness (QED) is 0.876. The van der Waals surface area contributed by atoms with E-state index in [0.29, 0.717) is 18.7 Å². The summed E-state index contributed by atoms with van der Waals surface area (Å²) in [6.45, 7) is 1.82. The average Bonchev–Trinajstić information content (AvgIpc) is 2.86. The largest absolute Gasteiger partial charge is 0.441 e. The van der Waals surface area contributed by atoms with Gasteiger partial charge in [-0.1, -0.05) is 6.07 Å². The minimum absolute atomic E-state index is 0.147. The molecule has 1 aromatic carbocycles. The van der Waals surface area contributed by atoms with Gasteiger partial charge in [-0.25, -0.2) is 4.98 Å². The first kappa shape index (κ1) is 12.5. The zero-order valence-corrected chi connectivity index (χ0v) is 12.2. The molecule has 2 aromatic rings. The smallest absolute Gasteiger partial charge is 0.192 e. The minimum Gasteiger partial charge on any atom is -0.441 e. The van der Waals surface area contributed by atoms with E-state index in [1.54, 1.807) is 0 Å². The van der Waals surface area contributed by atoms with E-state index in [-0.39, 0.29) is 10.5 Å². The van der Waals surface area contributed by atoms with Gasteiger partial charge in [0.2, 0.25) is 0 Å². The molecule has 4 nitrogen and oxygen atoms in total. The predicted octanol–water partition coefficient (Wildman–Crippen LogP) is 2.40. The molecule has 5 heteroatoms. The highest BCUT2D eigenvalue weighted by atomic mass is 32.2. The first-order chi connectivity index (χ1) is 9.55. The second kappa shape index (κ2) is 4.15. The van der Waals surface area contributed by atoms with Crippen LogP contribution >= 0.6 is 0 Å². The Kier molecular flexibility index (Phi) is 2.60. The summed E-state index contributed by atoms with van der Waals surface area (Å²) in [7, 11) is -0.756. The van der Waals surface area contributed by atoms with Crippen LogP contribution in [0.1, 0.15) is 37.1 Å². The maximum Gasteiger partial charge on any atom is 0.192 e. The number of hydrogen-bond donors (Lipinski definition) is 1. The molecule has 20 heavy (non-hydrogen) atoms. The van der Waals surface area contributed by atoms with Gasteiger partial charge in [0.1, 0.15) is 5.52 Å². The van der Waals surface area contributed by atoms with Crippen molar-refractivity contribution in [3.8, 4) is 0 Å². The highest BCUT2D eigenvalue weighted by molar-refractivity contribution is 7.86. The summed E-state index contributed by atoms with van der Waals surface area (Å²) < 4.78 is 17.6. The molecule has 2 saturated heterocycles. The summed E-state index contributed by atoms with van der Waals surface area (Å²) in [6, 6.07) is 5.70. The van der Waals surface area contributed by atoms with Crippen LogP contribution in [0.15, 0.2) is 22.6 Å². The Labute approximate surface area is 119 Å². The average molecular weight is 291 g/mol. The second-order valence-corrected chi connectivity index (χ2v) is 8.00. The van der Waals surface area contributed by atoms with Crippen LogP contribution < -0.4 is 0 Å². The van der Waals surface area contributed by atoms with E-state index in [2.05, 4.69) is 4.98 Å². The molecule has 2 aliphatic rings. The highest BCUT2D eigenvalue weighted by Crippen LogP contribution is 2.46. The molecule has 0 aliphatic carbocycles. The van der Waals surface area contributed by atoms with Crippen LogP contribution in [-0.4, -0.2) is 24.8 Å². The van der Waals surface area contributed by atoms with Crippen LogP contribution in [0.2, 0.25) is 0 Å². The molecule has 3 heterocycles. The van der Waals surface area contributed by atoms with Crippen LogP contribution in [-0.2, 0) is 16.4 Å². The molecule has 0 saturated carbocycles. The lowest BCUT2D eigenvalue weighted by atomic mass is 9.86. The van der Waals surface area contributed by atoms with Gasteiger partial charge in [-0.2, -0.15) is 0 Å². The molecular formula is C15H17NO3S. The molecule has 2 atom stereocenters. The minimum atomic E-state index is -0.860. The Morgan fingerprint density at radius 2 is 2.05 bits per heavy atom. The van der Waals surface area contributed by atoms with E-state index in [9.17, 15) is 9.32 Å². The van der Waals surface area contributed by atoms with Crippen molar-refractivity contribution in [3.05, 3.63) is 29.7 Å². The van der Waals surface area contributed by atoms with Gasteiger partial charge < -0.3 is 9.52 Å². The standard InChI is InChI=1S/C15H17NO3S/c1-9-16-13-6-10(2-5-14(13)19-9)15(17)7-11-3-4-12(8-15)20(11)18/h2,5-6,11-12,17H,3-4,7-8H2,1H3. The Morgan fingerprint density at radius 3 is 2.75 bits per heavy atom. The Hall–Kier alpha value is -1.20. The number of aryl methyl sites for hydroxylation is 1. The highest BCUT2D eigenvalue weighted by Gasteiger charge is 2.48. The van der Waals surface area contributed by atoms with Crippen LogP contribution in [0.4, 0.5) is 0 Å². The molecule has 0 spiro atoms. The van der Waals surface area contributed by atoms with Gasteiger partial charge in [0.25, 0.3) is 0 Å². The molecule has 0 amide bonds. The van der Waals surface area contributed by atoms with Gasteiger partial charge in [0.05, 0.1) is 5.60 Å². The lowest BCUT2D eigenvalue weighted by Gasteiger charge is -2.36. The molecular weight excluding hydrogens is 274 g/mol. The maximum atomic E-state index is 12.1. The first-order valence-electron chi connectivity index (χ1n) is 7.05. The molecule has 0 radical (unpaired) electrons. The van der Waals surface area contributed by atoms with Crippen molar-refractivity contribution >= 4 is 21.9 Å². The van der Waals surface area contributed by atoms with E-state index in [1.165, 1.54) is 0 Å².